The van der Waals surface area contributed by atoms with Crippen molar-refractivity contribution >= 4 is 27.4 Å². The summed E-state index contributed by atoms with van der Waals surface area (Å²) in [7, 11) is -1.28. The Morgan fingerprint density at radius 1 is 1.16 bits per heavy atom. The topological polar surface area (TPSA) is 98.8 Å². The molecule has 1 unspecified atom stereocenters. The molecule has 3 aliphatic carbocycles. The number of benzene rings is 1. The molecule has 1 aromatic carbocycles. The van der Waals surface area contributed by atoms with Crippen LogP contribution in [0.4, 0.5) is 8.78 Å². The average Bonchev–Trinajstić information content (AvgIpc) is 3.57. The number of hydrogen-bond donors (Lipinski definition) is 0. The minimum Gasteiger partial charge on any atom is -0.291 e. The fourth-order valence-electron chi connectivity index (χ4n) is 6.55. The predicted octanol–water partition coefficient (Wildman–Crippen LogP) is 4.44. The van der Waals surface area contributed by atoms with Crippen molar-refractivity contribution in [3.63, 3.8) is 0 Å². The molecule has 0 spiro atoms. The van der Waals surface area contributed by atoms with E-state index in [-0.39, 0.29) is 23.3 Å². The van der Waals surface area contributed by atoms with E-state index in [1.807, 2.05) is 10.4 Å². The third-order valence-electron chi connectivity index (χ3n) is 8.93. The molecule has 2 fully saturated rings. The summed E-state index contributed by atoms with van der Waals surface area (Å²) in [6, 6.07) is 8.24. The van der Waals surface area contributed by atoms with Gasteiger partial charge in [-0.25, -0.2) is 22.0 Å². The summed E-state index contributed by atoms with van der Waals surface area (Å²) < 4.78 is 47.6. The van der Waals surface area contributed by atoms with E-state index in [2.05, 4.69) is 26.3 Å². The SMILES string of the molecule is C=S(=O)(c1cn(C)nn1)N(CC1CC1)[C@H]1CCC2=Cc3c(cnn3-c3ccc(F)cc3)C[C@]2(C(=O)c2cc(F)ccn2)C1. The van der Waals surface area contributed by atoms with Crippen LogP contribution in [-0.4, -0.2) is 62.5 Å². The second kappa shape index (κ2) is 10.3. The largest absolute Gasteiger partial charge is 0.291 e. The van der Waals surface area contributed by atoms with Crippen molar-refractivity contribution in [2.24, 2.45) is 18.4 Å². The van der Waals surface area contributed by atoms with Crippen molar-refractivity contribution in [2.45, 2.75) is 49.6 Å². The van der Waals surface area contributed by atoms with Crippen molar-refractivity contribution in [3.05, 3.63) is 89.1 Å². The van der Waals surface area contributed by atoms with Gasteiger partial charge in [0, 0.05) is 31.9 Å². The van der Waals surface area contributed by atoms with E-state index in [0.717, 1.165) is 29.7 Å². The number of nitrogens with zero attached hydrogens (tertiary/aromatic N) is 7. The molecule has 4 aromatic rings. The minimum atomic E-state index is -3.01. The first kappa shape index (κ1) is 27.8. The van der Waals surface area contributed by atoms with Crippen LogP contribution in [0, 0.1) is 23.0 Å². The Labute approximate surface area is 248 Å². The normalized spacial score (nSPS) is 22.9. The monoisotopic (exact) mass is 603 g/mol. The molecule has 12 heteroatoms. The first-order valence-electron chi connectivity index (χ1n) is 14.3. The molecule has 3 heterocycles. The number of allylic oxidation sites excluding steroid dienone is 1. The Hall–Kier alpha value is -4.03. The van der Waals surface area contributed by atoms with Crippen LogP contribution >= 0.6 is 0 Å². The van der Waals surface area contributed by atoms with E-state index in [1.54, 1.807) is 36.3 Å². The molecule has 0 amide bonds. The Kier molecular flexibility index (Phi) is 6.66. The maximum atomic E-state index is 14.5. The number of ketones is 1. The molecule has 2 saturated carbocycles. The average molecular weight is 604 g/mol. The molecule has 3 aliphatic rings. The number of halogens is 2. The number of fused-ring (bicyclic) bond motifs is 2. The van der Waals surface area contributed by atoms with Gasteiger partial charge in [-0.15, -0.1) is 5.10 Å². The molecule has 0 radical (unpaired) electrons. The Morgan fingerprint density at radius 2 is 1.95 bits per heavy atom. The molecule has 9 nitrogen and oxygen atoms in total. The molecule has 0 aliphatic heterocycles. The van der Waals surface area contributed by atoms with Gasteiger partial charge >= 0.3 is 0 Å². The highest BCUT2D eigenvalue weighted by Crippen LogP contribution is 2.51. The highest BCUT2D eigenvalue weighted by Gasteiger charge is 2.51. The van der Waals surface area contributed by atoms with Gasteiger partial charge in [-0.3, -0.25) is 14.5 Å². The van der Waals surface area contributed by atoms with Crippen LogP contribution in [0.15, 0.2) is 65.6 Å². The summed E-state index contributed by atoms with van der Waals surface area (Å²) in [5, 5.41) is 13.1. The van der Waals surface area contributed by atoms with Crippen LogP contribution < -0.4 is 0 Å². The van der Waals surface area contributed by atoms with E-state index in [9.17, 15) is 17.8 Å². The van der Waals surface area contributed by atoms with Crippen molar-refractivity contribution in [2.75, 3.05) is 6.54 Å². The van der Waals surface area contributed by atoms with Crippen LogP contribution in [-0.2, 0) is 23.2 Å². The van der Waals surface area contributed by atoms with Gasteiger partial charge < -0.3 is 0 Å². The lowest BCUT2D eigenvalue weighted by molar-refractivity contribution is 0.0737. The smallest absolute Gasteiger partial charge is 0.191 e. The lowest BCUT2D eigenvalue weighted by Crippen LogP contribution is -2.51. The fourth-order valence-corrected chi connectivity index (χ4v) is 8.38. The lowest BCUT2D eigenvalue weighted by Gasteiger charge is -2.47. The zero-order valence-corrected chi connectivity index (χ0v) is 24.5. The first-order chi connectivity index (χ1) is 20.6. The molecule has 222 valence electrons. The highest BCUT2D eigenvalue weighted by atomic mass is 32.2. The number of aryl methyl sites for hydroxylation is 1. The van der Waals surface area contributed by atoms with Crippen LogP contribution in [0.1, 0.15) is 53.8 Å². The van der Waals surface area contributed by atoms with Crippen molar-refractivity contribution in [1.82, 2.24) is 34.1 Å². The van der Waals surface area contributed by atoms with Gasteiger partial charge in [0.05, 0.1) is 38.9 Å². The van der Waals surface area contributed by atoms with Crippen LogP contribution in [0.5, 0.6) is 0 Å². The van der Waals surface area contributed by atoms with Gasteiger partial charge in [-0.1, -0.05) is 10.8 Å². The molecule has 0 saturated heterocycles. The molecule has 43 heavy (non-hydrogen) atoms. The van der Waals surface area contributed by atoms with Crippen LogP contribution in [0.3, 0.4) is 0 Å². The second-order valence-electron chi connectivity index (χ2n) is 11.9. The zero-order valence-electron chi connectivity index (χ0n) is 23.7. The standard InChI is InChI=1S/C31H31F2N7O2S/c1-38-19-29(36-37-38)43(2,42)39(18-20-3-4-20)26-8-5-22-13-28-21(17-35-40(28)25-9-6-23(32)7-10-25)15-31(22,16-26)30(41)27-14-24(33)11-12-34-27/h6-7,9-14,17,19-20,26H,2-5,8,15-16,18H2,1H3/t26-,31-,43?/m0/s1. The van der Waals surface area contributed by atoms with Crippen molar-refractivity contribution in [3.8, 4) is 5.69 Å². The van der Waals surface area contributed by atoms with Crippen LogP contribution in [0.25, 0.3) is 11.8 Å². The summed E-state index contributed by atoms with van der Waals surface area (Å²) in [6.45, 7) is 0.582. The number of hydrogen-bond acceptors (Lipinski definition) is 6. The van der Waals surface area contributed by atoms with E-state index in [4.69, 9.17) is 0 Å². The molecular weight excluding hydrogens is 572 g/mol. The third-order valence-corrected chi connectivity index (χ3v) is 11.0. The summed E-state index contributed by atoms with van der Waals surface area (Å²) in [5.74, 6) is 3.42. The van der Waals surface area contributed by atoms with E-state index in [1.165, 1.54) is 35.1 Å². The Balaban J connectivity index is 1.32. The number of aromatic nitrogens is 6. The van der Waals surface area contributed by atoms with Crippen molar-refractivity contribution in [1.29, 1.82) is 0 Å². The molecule has 3 atom stereocenters. The molecule has 7 rings (SSSR count). The summed E-state index contributed by atoms with van der Waals surface area (Å²) in [6.07, 6.45) is 10.7. The van der Waals surface area contributed by atoms with Crippen molar-refractivity contribution < 1.29 is 17.8 Å². The maximum Gasteiger partial charge on any atom is 0.191 e. The highest BCUT2D eigenvalue weighted by molar-refractivity contribution is 7.98. The minimum absolute atomic E-state index is 0.0546. The summed E-state index contributed by atoms with van der Waals surface area (Å²) >= 11 is 0. The quantitative estimate of drug-likeness (QED) is 0.218. The Morgan fingerprint density at radius 3 is 2.65 bits per heavy atom. The molecule has 0 bridgehead atoms. The van der Waals surface area contributed by atoms with Gasteiger partial charge in [0.1, 0.15) is 17.3 Å². The first-order valence-corrected chi connectivity index (χ1v) is 16.0. The summed E-state index contributed by atoms with van der Waals surface area (Å²) in [4.78, 5) is 18.8. The number of pyridine rings is 1. The molecule has 3 aromatic heterocycles. The van der Waals surface area contributed by atoms with E-state index >= 15 is 0 Å². The third kappa shape index (κ3) is 4.92. The second-order valence-corrected chi connectivity index (χ2v) is 14.0. The molecule has 0 N–H and O–H groups in total. The number of carbonyl (C=O) groups is 1. The van der Waals surface area contributed by atoms with Gasteiger partial charge in [0.2, 0.25) is 0 Å². The summed E-state index contributed by atoms with van der Waals surface area (Å²) in [5.41, 5.74) is 2.28. The fraction of sp³-hybridized carbons (Fsp3) is 0.355. The Bertz CT molecular complexity index is 1860. The zero-order chi connectivity index (χ0) is 29.9. The number of Topliss-reactive ketones (excluding diaryl/α,β-unsaturated/α-hetero) is 1. The van der Waals surface area contributed by atoms with Gasteiger partial charge in [0.15, 0.2) is 10.8 Å². The van der Waals surface area contributed by atoms with Gasteiger partial charge in [0.25, 0.3) is 0 Å². The number of rotatable bonds is 8. The lowest BCUT2D eigenvalue weighted by atomic mass is 9.60. The van der Waals surface area contributed by atoms with Gasteiger partial charge in [-0.05, 0) is 92.3 Å². The van der Waals surface area contributed by atoms with Crippen LogP contribution in [0.2, 0.25) is 0 Å². The van der Waals surface area contributed by atoms with E-state index in [0.29, 0.717) is 48.9 Å². The van der Waals surface area contributed by atoms with Gasteiger partial charge in [-0.2, -0.15) is 5.10 Å². The number of carbonyl (C=O) groups excluding carboxylic acids is 1. The molecular formula is C31H31F2N7O2S. The maximum absolute atomic E-state index is 14.5. The van der Waals surface area contributed by atoms with E-state index < -0.39 is 20.9 Å². The predicted molar refractivity (Wildman–Crippen MR) is 158 cm³/mol.